The molecular formula is C13H14N2. The summed E-state index contributed by atoms with van der Waals surface area (Å²) >= 11 is 0. The number of aryl methyl sites for hydroxylation is 1. The van der Waals surface area contributed by atoms with Gasteiger partial charge >= 0.3 is 0 Å². The molecule has 0 aliphatic heterocycles. The second-order valence-corrected chi connectivity index (χ2v) is 3.38. The van der Waals surface area contributed by atoms with E-state index in [9.17, 15) is 0 Å². The van der Waals surface area contributed by atoms with Crippen molar-refractivity contribution in [3.63, 3.8) is 0 Å². The highest BCUT2D eigenvalue weighted by Crippen LogP contribution is 2.27. The van der Waals surface area contributed by atoms with E-state index in [2.05, 4.69) is 18.4 Å². The van der Waals surface area contributed by atoms with Crippen LogP contribution < -0.4 is 5.73 Å². The second-order valence-electron chi connectivity index (χ2n) is 3.38. The lowest BCUT2D eigenvalue weighted by Gasteiger charge is -2.09. The number of nitrogens with two attached hydrogens (primary N) is 1. The number of hydrogen-bond acceptors (Lipinski definition) is 2. The van der Waals surface area contributed by atoms with Crippen LogP contribution in [0.2, 0.25) is 0 Å². The van der Waals surface area contributed by atoms with E-state index in [0.29, 0.717) is 11.3 Å². The molecule has 2 nitrogen and oxygen atoms in total. The van der Waals surface area contributed by atoms with E-state index in [-0.39, 0.29) is 0 Å². The molecule has 0 spiro atoms. The van der Waals surface area contributed by atoms with Gasteiger partial charge in [0.1, 0.15) is 0 Å². The van der Waals surface area contributed by atoms with Crippen LogP contribution in [0.3, 0.4) is 0 Å². The first-order valence-corrected chi connectivity index (χ1v) is 4.83. The predicted octanol–water partition coefficient (Wildman–Crippen LogP) is 3.03. The van der Waals surface area contributed by atoms with E-state index in [1.165, 1.54) is 0 Å². The number of benzene rings is 1. The zero-order valence-corrected chi connectivity index (χ0v) is 9.09. The largest absolute Gasteiger partial charge is 0.398 e. The molecule has 1 aromatic rings. The smallest absolute Gasteiger partial charge is 0.0991 e. The first-order valence-electron chi connectivity index (χ1n) is 4.83. The van der Waals surface area contributed by atoms with Crippen molar-refractivity contribution in [2.24, 2.45) is 0 Å². The number of anilines is 1. The topological polar surface area (TPSA) is 49.8 Å². The maximum absolute atomic E-state index is 8.87. The molecule has 0 amide bonds. The van der Waals surface area contributed by atoms with Crippen molar-refractivity contribution >= 4 is 11.3 Å². The zero-order chi connectivity index (χ0) is 11.4. The lowest BCUT2D eigenvalue weighted by atomic mass is 9.97. The fraction of sp³-hybridized carbons (Fsp3) is 0.231. The average Bonchev–Trinajstić information content (AvgIpc) is 2.25. The zero-order valence-electron chi connectivity index (χ0n) is 9.09. The first-order chi connectivity index (χ1) is 7.13. The van der Waals surface area contributed by atoms with Crippen molar-refractivity contribution in [1.29, 1.82) is 5.26 Å². The summed E-state index contributed by atoms with van der Waals surface area (Å²) in [5.41, 5.74) is 12.9. The van der Waals surface area contributed by atoms with Gasteiger partial charge in [0.15, 0.2) is 0 Å². The van der Waals surface area contributed by atoms with Crippen molar-refractivity contribution in [3.8, 4) is 6.07 Å². The second kappa shape index (κ2) is 4.50. The van der Waals surface area contributed by atoms with Gasteiger partial charge in [-0.1, -0.05) is 13.5 Å². The van der Waals surface area contributed by atoms with Crippen LogP contribution in [0.15, 0.2) is 24.4 Å². The molecule has 0 heterocycles. The number of rotatable bonds is 2. The molecule has 0 aliphatic rings. The van der Waals surface area contributed by atoms with Gasteiger partial charge in [0, 0.05) is 16.8 Å². The van der Waals surface area contributed by atoms with Crippen molar-refractivity contribution in [3.05, 3.63) is 41.1 Å². The number of nitrogen functional groups attached to an aromatic ring is 1. The van der Waals surface area contributed by atoms with E-state index in [4.69, 9.17) is 11.0 Å². The van der Waals surface area contributed by atoms with Gasteiger partial charge in [-0.2, -0.15) is 5.26 Å². The van der Waals surface area contributed by atoms with Crippen LogP contribution >= 0.6 is 0 Å². The van der Waals surface area contributed by atoms with Crippen molar-refractivity contribution in [2.75, 3.05) is 5.73 Å². The molecule has 0 bridgehead atoms. The SMILES string of the molecule is C=C=C(CC)c1cc(C#N)cc(C)c1N. The summed E-state index contributed by atoms with van der Waals surface area (Å²) in [6.45, 7) is 7.55. The van der Waals surface area contributed by atoms with Gasteiger partial charge in [-0.25, -0.2) is 0 Å². The molecule has 0 radical (unpaired) electrons. The van der Waals surface area contributed by atoms with Gasteiger partial charge in [-0.05, 0) is 31.0 Å². The summed E-state index contributed by atoms with van der Waals surface area (Å²) in [7, 11) is 0. The molecule has 0 fully saturated rings. The van der Waals surface area contributed by atoms with E-state index in [1.54, 1.807) is 12.1 Å². The van der Waals surface area contributed by atoms with Crippen LogP contribution in [-0.2, 0) is 0 Å². The van der Waals surface area contributed by atoms with E-state index >= 15 is 0 Å². The number of allylic oxidation sites excluding steroid dienone is 1. The van der Waals surface area contributed by atoms with Gasteiger partial charge in [0.25, 0.3) is 0 Å². The summed E-state index contributed by atoms with van der Waals surface area (Å²) in [5.74, 6) is 0. The fourth-order valence-electron chi connectivity index (χ4n) is 1.52. The van der Waals surface area contributed by atoms with E-state index in [0.717, 1.165) is 23.1 Å². The van der Waals surface area contributed by atoms with Gasteiger partial charge in [0.05, 0.1) is 11.6 Å². The molecule has 15 heavy (non-hydrogen) atoms. The molecule has 2 heteroatoms. The lowest BCUT2D eigenvalue weighted by Crippen LogP contribution is -1.97. The Kier molecular flexibility index (Phi) is 3.33. The molecule has 2 N–H and O–H groups in total. The molecule has 0 saturated carbocycles. The highest BCUT2D eigenvalue weighted by Gasteiger charge is 2.08. The molecule has 0 atom stereocenters. The third-order valence-corrected chi connectivity index (χ3v) is 2.41. The molecule has 0 saturated heterocycles. The summed E-state index contributed by atoms with van der Waals surface area (Å²) in [6.07, 6.45) is 0.808. The minimum absolute atomic E-state index is 0.623. The van der Waals surface area contributed by atoms with Crippen LogP contribution in [0, 0.1) is 18.3 Å². The Hall–Kier alpha value is -1.97. The normalized spacial score (nSPS) is 9.13. The molecular weight excluding hydrogens is 184 g/mol. The van der Waals surface area contributed by atoms with Gasteiger partial charge in [-0.15, -0.1) is 5.73 Å². The predicted molar refractivity (Wildman–Crippen MR) is 63.1 cm³/mol. The molecule has 1 rings (SSSR count). The molecule has 0 unspecified atom stereocenters. The summed E-state index contributed by atoms with van der Waals surface area (Å²) in [5, 5.41) is 8.87. The Bertz CT molecular complexity index is 472. The summed E-state index contributed by atoms with van der Waals surface area (Å²) < 4.78 is 0. The first kappa shape index (κ1) is 11.1. The Morgan fingerprint density at radius 1 is 1.53 bits per heavy atom. The Labute approximate surface area is 90.3 Å². The summed E-state index contributed by atoms with van der Waals surface area (Å²) in [4.78, 5) is 0. The summed E-state index contributed by atoms with van der Waals surface area (Å²) in [6, 6.07) is 5.70. The third-order valence-electron chi connectivity index (χ3n) is 2.41. The Morgan fingerprint density at radius 2 is 2.20 bits per heavy atom. The van der Waals surface area contributed by atoms with E-state index in [1.807, 2.05) is 13.8 Å². The van der Waals surface area contributed by atoms with Crippen molar-refractivity contribution in [1.82, 2.24) is 0 Å². The average molecular weight is 198 g/mol. The molecule has 0 aromatic heterocycles. The van der Waals surface area contributed by atoms with Crippen molar-refractivity contribution < 1.29 is 0 Å². The monoisotopic (exact) mass is 198 g/mol. The number of hydrogen-bond donors (Lipinski definition) is 1. The highest BCUT2D eigenvalue weighted by atomic mass is 14.6. The number of nitrogens with zero attached hydrogens (tertiary/aromatic N) is 1. The van der Waals surface area contributed by atoms with E-state index < -0.39 is 0 Å². The standard InChI is InChI=1S/C13H14N2/c1-4-11(5-2)12-7-10(8-14)6-9(3)13(12)15/h6-7H,1,5,15H2,2-3H3. The van der Waals surface area contributed by atoms with Crippen LogP contribution in [0.1, 0.15) is 30.0 Å². The van der Waals surface area contributed by atoms with Gasteiger partial charge < -0.3 is 5.73 Å². The minimum atomic E-state index is 0.623. The molecule has 0 aliphatic carbocycles. The quantitative estimate of drug-likeness (QED) is 0.586. The number of nitriles is 1. The van der Waals surface area contributed by atoms with Crippen molar-refractivity contribution in [2.45, 2.75) is 20.3 Å². The maximum atomic E-state index is 8.87. The fourth-order valence-corrected chi connectivity index (χ4v) is 1.52. The van der Waals surface area contributed by atoms with Crippen LogP contribution in [-0.4, -0.2) is 0 Å². The van der Waals surface area contributed by atoms with Gasteiger partial charge in [0.2, 0.25) is 0 Å². The Morgan fingerprint density at radius 3 is 2.67 bits per heavy atom. The maximum Gasteiger partial charge on any atom is 0.0991 e. The molecule has 1 aromatic carbocycles. The van der Waals surface area contributed by atoms with Crippen LogP contribution in [0.4, 0.5) is 5.69 Å². The van der Waals surface area contributed by atoms with Crippen LogP contribution in [0.5, 0.6) is 0 Å². The lowest BCUT2D eigenvalue weighted by molar-refractivity contribution is 1.24. The highest BCUT2D eigenvalue weighted by molar-refractivity contribution is 5.77. The van der Waals surface area contributed by atoms with Crippen LogP contribution in [0.25, 0.3) is 5.57 Å². The van der Waals surface area contributed by atoms with Gasteiger partial charge in [-0.3, -0.25) is 0 Å². The Balaban J connectivity index is 3.48. The third kappa shape index (κ3) is 2.10. The minimum Gasteiger partial charge on any atom is -0.398 e. The molecule has 76 valence electrons.